The first-order valence-electron chi connectivity index (χ1n) is 4.34. The van der Waals surface area contributed by atoms with Gasteiger partial charge in [0.1, 0.15) is 7.85 Å². The Bertz CT molecular complexity index is 368. The summed E-state index contributed by atoms with van der Waals surface area (Å²) in [6, 6.07) is 7.97. The van der Waals surface area contributed by atoms with Crippen molar-refractivity contribution in [2.75, 3.05) is 11.9 Å². The van der Waals surface area contributed by atoms with Gasteiger partial charge in [0.05, 0.1) is 12.0 Å². The van der Waals surface area contributed by atoms with E-state index in [1.54, 1.807) is 0 Å². The second-order valence-corrected chi connectivity index (χ2v) is 3.24. The first kappa shape index (κ1) is 8.19. The molecule has 0 amide bonds. The predicted octanol–water partition coefficient (Wildman–Crippen LogP) is 0.903. The van der Waals surface area contributed by atoms with E-state index in [1.807, 2.05) is 18.2 Å². The molecule has 0 spiro atoms. The van der Waals surface area contributed by atoms with E-state index in [0.717, 1.165) is 29.7 Å². The van der Waals surface area contributed by atoms with Gasteiger partial charge < -0.3 is 5.32 Å². The van der Waals surface area contributed by atoms with E-state index >= 15 is 0 Å². The Labute approximate surface area is 79.0 Å². The number of rotatable bonds is 0. The van der Waals surface area contributed by atoms with Gasteiger partial charge in [-0.1, -0.05) is 17.6 Å². The van der Waals surface area contributed by atoms with Gasteiger partial charge in [-0.25, -0.2) is 0 Å². The zero-order valence-electron chi connectivity index (χ0n) is 7.25. The summed E-state index contributed by atoms with van der Waals surface area (Å²) < 4.78 is 0. The molecule has 0 aromatic heterocycles. The largest absolute Gasteiger partial charge is 0.385 e. The van der Waals surface area contributed by atoms with Gasteiger partial charge in [0.15, 0.2) is 0 Å². The minimum absolute atomic E-state index is 0.000231. The van der Waals surface area contributed by atoms with Gasteiger partial charge in [0.25, 0.3) is 0 Å². The number of nitrogens with zero attached hydrogens (tertiary/aromatic N) is 1. The summed E-state index contributed by atoms with van der Waals surface area (Å²) in [4.78, 5) is 0. The highest BCUT2D eigenvalue weighted by molar-refractivity contribution is 6.32. The molecule has 1 aromatic carbocycles. The molecule has 0 saturated carbocycles. The van der Waals surface area contributed by atoms with Crippen LogP contribution in [0, 0.1) is 11.3 Å². The van der Waals surface area contributed by atoms with Crippen LogP contribution in [0.2, 0.25) is 0 Å². The van der Waals surface area contributed by atoms with E-state index in [9.17, 15) is 0 Å². The van der Waals surface area contributed by atoms with Gasteiger partial charge >= 0.3 is 0 Å². The lowest BCUT2D eigenvalue weighted by Crippen LogP contribution is -2.18. The number of nitriles is 1. The Hall–Kier alpha value is -1.43. The number of fused-ring (bicyclic) bond motifs is 1. The monoisotopic (exact) mass is 168 g/mol. The van der Waals surface area contributed by atoms with E-state index in [2.05, 4.69) is 11.4 Å². The second-order valence-electron chi connectivity index (χ2n) is 3.24. The third-order valence-electron chi connectivity index (χ3n) is 2.36. The molecule has 2 rings (SSSR count). The Kier molecular flexibility index (Phi) is 1.98. The zero-order chi connectivity index (χ0) is 9.26. The van der Waals surface area contributed by atoms with Crippen LogP contribution in [0.5, 0.6) is 0 Å². The first-order valence-corrected chi connectivity index (χ1v) is 4.34. The summed E-state index contributed by atoms with van der Waals surface area (Å²) in [7, 11) is 5.66. The van der Waals surface area contributed by atoms with E-state index in [1.165, 1.54) is 0 Å². The summed E-state index contributed by atoms with van der Waals surface area (Å²) in [5, 5.41) is 12.2. The van der Waals surface area contributed by atoms with Gasteiger partial charge in [0.2, 0.25) is 0 Å². The third-order valence-corrected chi connectivity index (χ3v) is 2.36. The molecule has 0 fully saturated rings. The topological polar surface area (TPSA) is 35.8 Å². The molecule has 1 unspecified atom stereocenters. The fraction of sp³-hybridized carbons (Fsp3) is 0.300. The predicted molar refractivity (Wildman–Crippen MR) is 53.3 cm³/mol. The highest BCUT2D eigenvalue weighted by Crippen LogP contribution is 2.29. The average molecular weight is 168 g/mol. The molecule has 1 N–H and O–H groups in total. The van der Waals surface area contributed by atoms with Gasteiger partial charge in [-0.05, 0) is 18.1 Å². The number of nitrogens with one attached hydrogen (secondary N) is 1. The fourth-order valence-corrected chi connectivity index (χ4v) is 1.67. The van der Waals surface area contributed by atoms with Crippen LogP contribution < -0.4 is 10.8 Å². The van der Waals surface area contributed by atoms with Crippen molar-refractivity contribution in [2.45, 2.75) is 12.3 Å². The molecule has 0 bridgehead atoms. The molecule has 0 saturated heterocycles. The van der Waals surface area contributed by atoms with Crippen molar-refractivity contribution in [3.05, 3.63) is 23.8 Å². The Morgan fingerprint density at radius 2 is 2.38 bits per heavy atom. The van der Waals surface area contributed by atoms with E-state index in [4.69, 9.17) is 13.1 Å². The molecule has 13 heavy (non-hydrogen) atoms. The maximum absolute atomic E-state index is 8.91. The SMILES string of the molecule is [B]c1ccc2c(c1)C(C#N)CCN2. The third kappa shape index (κ3) is 1.40. The Balaban J connectivity index is 2.49. The first-order chi connectivity index (χ1) is 6.31. The quantitative estimate of drug-likeness (QED) is 0.584. The lowest BCUT2D eigenvalue weighted by Gasteiger charge is -2.22. The van der Waals surface area contributed by atoms with E-state index < -0.39 is 0 Å². The highest BCUT2D eigenvalue weighted by Gasteiger charge is 2.18. The molecule has 1 aromatic rings. The Morgan fingerprint density at radius 3 is 3.15 bits per heavy atom. The average Bonchev–Trinajstić information content (AvgIpc) is 2.17. The number of anilines is 1. The summed E-state index contributed by atoms with van der Waals surface area (Å²) in [6.07, 6.45) is 0.868. The van der Waals surface area contributed by atoms with Crippen molar-refractivity contribution in [1.29, 1.82) is 5.26 Å². The molecule has 1 atom stereocenters. The molecule has 1 heterocycles. The van der Waals surface area contributed by atoms with Crippen molar-refractivity contribution >= 4 is 19.0 Å². The molecule has 3 heteroatoms. The molecule has 2 radical (unpaired) electrons. The van der Waals surface area contributed by atoms with Crippen LogP contribution >= 0.6 is 0 Å². The minimum atomic E-state index is -0.000231. The zero-order valence-corrected chi connectivity index (χ0v) is 7.25. The number of hydrogen-bond acceptors (Lipinski definition) is 2. The van der Waals surface area contributed by atoms with Gasteiger partial charge in [0, 0.05) is 12.2 Å². The van der Waals surface area contributed by atoms with Crippen molar-refractivity contribution in [3.8, 4) is 6.07 Å². The van der Waals surface area contributed by atoms with Crippen LogP contribution in [0.1, 0.15) is 17.9 Å². The van der Waals surface area contributed by atoms with Crippen molar-refractivity contribution < 1.29 is 0 Å². The van der Waals surface area contributed by atoms with Crippen molar-refractivity contribution in [1.82, 2.24) is 0 Å². The maximum atomic E-state index is 8.91. The molecular formula is C10H9BN2. The van der Waals surface area contributed by atoms with Gasteiger partial charge in [-0.15, -0.1) is 0 Å². The second kappa shape index (κ2) is 3.14. The summed E-state index contributed by atoms with van der Waals surface area (Å²) in [5.74, 6) is -0.000231. The minimum Gasteiger partial charge on any atom is -0.385 e. The molecular weight excluding hydrogens is 159 g/mol. The smallest absolute Gasteiger partial charge is 0.113 e. The maximum Gasteiger partial charge on any atom is 0.113 e. The molecule has 0 aliphatic carbocycles. The standard InChI is InChI=1S/C10H9BN2/c11-8-1-2-10-9(5-8)7(6-12)3-4-13-10/h1-2,5,7,13H,3-4H2. The van der Waals surface area contributed by atoms with Crippen LogP contribution in [0.15, 0.2) is 18.2 Å². The molecule has 1 aliphatic rings. The van der Waals surface area contributed by atoms with Crippen LogP contribution in [-0.4, -0.2) is 14.4 Å². The summed E-state index contributed by atoms with van der Waals surface area (Å²) in [5.41, 5.74) is 2.81. The van der Waals surface area contributed by atoms with E-state index in [0.29, 0.717) is 0 Å². The highest BCUT2D eigenvalue weighted by atomic mass is 14.9. The normalized spacial score (nSPS) is 19.8. The van der Waals surface area contributed by atoms with Crippen molar-refractivity contribution in [2.24, 2.45) is 0 Å². The van der Waals surface area contributed by atoms with Gasteiger partial charge in [-0.2, -0.15) is 5.26 Å². The lowest BCUT2D eigenvalue weighted by atomic mass is 9.86. The van der Waals surface area contributed by atoms with Crippen LogP contribution in [0.3, 0.4) is 0 Å². The van der Waals surface area contributed by atoms with E-state index in [-0.39, 0.29) is 5.92 Å². The fourth-order valence-electron chi connectivity index (χ4n) is 1.67. The number of hydrogen-bond donors (Lipinski definition) is 1. The number of benzene rings is 1. The summed E-state index contributed by atoms with van der Waals surface area (Å²) >= 11 is 0. The lowest BCUT2D eigenvalue weighted by molar-refractivity contribution is 0.753. The molecule has 62 valence electrons. The Morgan fingerprint density at radius 1 is 1.54 bits per heavy atom. The van der Waals surface area contributed by atoms with Gasteiger partial charge in [-0.3, -0.25) is 0 Å². The molecule has 2 nitrogen and oxygen atoms in total. The molecule has 1 aliphatic heterocycles. The van der Waals surface area contributed by atoms with Crippen LogP contribution in [0.4, 0.5) is 5.69 Å². The van der Waals surface area contributed by atoms with Crippen molar-refractivity contribution in [3.63, 3.8) is 0 Å². The van der Waals surface area contributed by atoms with Crippen LogP contribution in [-0.2, 0) is 0 Å². The summed E-state index contributed by atoms with van der Waals surface area (Å²) in [6.45, 7) is 0.870. The van der Waals surface area contributed by atoms with Crippen LogP contribution in [0.25, 0.3) is 0 Å².